The summed E-state index contributed by atoms with van der Waals surface area (Å²) in [5, 5.41) is 2.98. The van der Waals surface area contributed by atoms with Crippen LogP contribution in [0, 0.1) is 11.7 Å². The summed E-state index contributed by atoms with van der Waals surface area (Å²) in [6, 6.07) is 6.42. The van der Waals surface area contributed by atoms with Gasteiger partial charge in [-0.3, -0.25) is 4.79 Å². The second-order valence-electron chi connectivity index (χ2n) is 5.58. The fraction of sp³-hybridized carbons (Fsp3) is 0.562. The number of hydrogen-bond donors (Lipinski definition) is 2. The van der Waals surface area contributed by atoms with E-state index in [9.17, 15) is 9.18 Å². The van der Waals surface area contributed by atoms with Crippen molar-refractivity contribution in [1.29, 1.82) is 0 Å². The number of nitrogens with one attached hydrogen (secondary N) is 1. The highest BCUT2D eigenvalue weighted by Gasteiger charge is 2.24. The van der Waals surface area contributed by atoms with Gasteiger partial charge in [0.1, 0.15) is 5.82 Å². The lowest BCUT2D eigenvalue weighted by Crippen LogP contribution is -2.46. The highest BCUT2D eigenvalue weighted by molar-refractivity contribution is 5.79. The molecule has 110 valence electrons. The summed E-state index contributed by atoms with van der Waals surface area (Å²) in [4.78, 5) is 12.0. The lowest BCUT2D eigenvalue weighted by Gasteiger charge is -2.30. The Labute approximate surface area is 119 Å². The first kappa shape index (κ1) is 15.0. The molecule has 0 heterocycles. The van der Waals surface area contributed by atoms with E-state index < -0.39 is 0 Å². The minimum atomic E-state index is -0.329. The fourth-order valence-electron chi connectivity index (χ4n) is 2.98. The summed E-state index contributed by atoms with van der Waals surface area (Å²) in [5.74, 6) is -0.000872. The first-order valence-electron chi connectivity index (χ1n) is 7.43. The van der Waals surface area contributed by atoms with E-state index in [4.69, 9.17) is 5.73 Å². The van der Waals surface area contributed by atoms with E-state index in [0.29, 0.717) is 18.0 Å². The van der Waals surface area contributed by atoms with Crippen LogP contribution in [0.1, 0.15) is 37.7 Å². The summed E-state index contributed by atoms with van der Waals surface area (Å²) < 4.78 is 13.5. The van der Waals surface area contributed by atoms with Gasteiger partial charge in [-0.1, -0.05) is 37.5 Å². The molecule has 1 fully saturated rings. The average Bonchev–Trinajstić information content (AvgIpc) is 2.48. The minimum absolute atomic E-state index is 0.0228. The topological polar surface area (TPSA) is 55.1 Å². The molecule has 1 amide bonds. The van der Waals surface area contributed by atoms with Gasteiger partial charge in [-0.05, 0) is 30.4 Å². The molecule has 1 atom stereocenters. The van der Waals surface area contributed by atoms with Crippen molar-refractivity contribution in [3.8, 4) is 0 Å². The highest BCUT2D eigenvalue weighted by Crippen LogP contribution is 2.26. The first-order chi connectivity index (χ1) is 9.70. The van der Waals surface area contributed by atoms with Crippen molar-refractivity contribution < 1.29 is 9.18 Å². The van der Waals surface area contributed by atoms with Gasteiger partial charge in [0.2, 0.25) is 5.91 Å². The number of rotatable bonds is 5. The van der Waals surface area contributed by atoms with Gasteiger partial charge in [0.05, 0.1) is 6.42 Å². The molecular weight excluding hydrogens is 255 g/mol. The second kappa shape index (κ2) is 7.39. The third kappa shape index (κ3) is 4.04. The van der Waals surface area contributed by atoms with Crippen LogP contribution in [0.4, 0.5) is 4.39 Å². The van der Waals surface area contributed by atoms with Crippen molar-refractivity contribution in [2.75, 3.05) is 6.54 Å². The Kier molecular flexibility index (Phi) is 5.53. The Morgan fingerprint density at radius 2 is 2.00 bits per heavy atom. The summed E-state index contributed by atoms with van der Waals surface area (Å²) in [7, 11) is 0. The molecule has 1 saturated carbocycles. The van der Waals surface area contributed by atoms with Gasteiger partial charge in [-0.15, -0.1) is 0 Å². The monoisotopic (exact) mass is 278 g/mol. The average molecular weight is 278 g/mol. The van der Waals surface area contributed by atoms with Crippen molar-refractivity contribution in [2.24, 2.45) is 11.7 Å². The zero-order valence-electron chi connectivity index (χ0n) is 11.8. The van der Waals surface area contributed by atoms with E-state index in [-0.39, 0.29) is 24.2 Å². The molecular formula is C16H23FN2O. The molecule has 20 heavy (non-hydrogen) atoms. The van der Waals surface area contributed by atoms with Crippen LogP contribution in [0.15, 0.2) is 24.3 Å². The number of halogens is 1. The summed E-state index contributed by atoms with van der Waals surface area (Å²) in [6.45, 7) is 0.452. The Balaban J connectivity index is 1.90. The number of nitrogens with two attached hydrogens (primary N) is 1. The predicted octanol–water partition coefficient (Wildman–Crippen LogP) is 2.39. The second-order valence-corrected chi connectivity index (χ2v) is 5.58. The van der Waals surface area contributed by atoms with E-state index in [2.05, 4.69) is 5.32 Å². The largest absolute Gasteiger partial charge is 0.352 e. The zero-order valence-corrected chi connectivity index (χ0v) is 11.8. The van der Waals surface area contributed by atoms with E-state index >= 15 is 0 Å². The molecule has 1 unspecified atom stereocenters. The van der Waals surface area contributed by atoms with Crippen LogP contribution < -0.4 is 11.1 Å². The molecule has 3 nitrogen and oxygen atoms in total. The number of amides is 1. The summed E-state index contributed by atoms with van der Waals surface area (Å²) in [5.41, 5.74) is 6.22. The van der Waals surface area contributed by atoms with Crippen LogP contribution in [0.2, 0.25) is 0 Å². The fourth-order valence-corrected chi connectivity index (χ4v) is 2.98. The lowest BCUT2D eigenvalue weighted by atomic mass is 9.84. The standard InChI is InChI=1S/C16H23FN2O/c17-14-9-5-4-8-13(14)10-16(20)19-15(11-18)12-6-2-1-3-7-12/h4-5,8-9,12,15H,1-3,6-7,10-11,18H2,(H,19,20). The zero-order chi connectivity index (χ0) is 14.4. The normalized spacial score (nSPS) is 17.7. The molecule has 1 aromatic rings. The van der Waals surface area contributed by atoms with Crippen LogP contribution in [-0.4, -0.2) is 18.5 Å². The van der Waals surface area contributed by atoms with Crippen molar-refractivity contribution in [3.05, 3.63) is 35.6 Å². The maximum atomic E-state index is 13.5. The van der Waals surface area contributed by atoms with Crippen LogP contribution in [0.25, 0.3) is 0 Å². The minimum Gasteiger partial charge on any atom is -0.352 e. The van der Waals surface area contributed by atoms with Crippen molar-refractivity contribution in [1.82, 2.24) is 5.32 Å². The molecule has 1 aliphatic carbocycles. The number of carbonyl (C=O) groups excluding carboxylic acids is 1. The van der Waals surface area contributed by atoms with Gasteiger partial charge in [0, 0.05) is 12.6 Å². The van der Waals surface area contributed by atoms with Gasteiger partial charge < -0.3 is 11.1 Å². The van der Waals surface area contributed by atoms with Gasteiger partial charge >= 0.3 is 0 Å². The lowest BCUT2D eigenvalue weighted by molar-refractivity contribution is -0.121. The molecule has 0 aromatic heterocycles. The van der Waals surface area contributed by atoms with Gasteiger partial charge in [0.15, 0.2) is 0 Å². The Hall–Kier alpha value is -1.42. The van der Waals surface area contributed by atoms with Gasteiger partial charge in [-0.2, -0.15) is 0 Å². The van der Waals surface area contributed by atoms with E-state index in [0.717, 1.165) is 12.8 Å². The Morgan fingerprint density at radius 1 is 1.30 bits per heavy atom. The van der Waals surface area contributed by atoms with Crippen LogP contribution in [-0.2, 0) is 11.2 Å². The molecule has 0 radical (unpaired) electrons. The molecule has 3 N–H and O–H groups in total. The first-order valence-corrected chi connectivity index (χ1v) is 7.43. The van der Waals surface area contributed by atoms with Crippen molar-refractivity contribution >= 4 is 5.91 Å². The van der Waals surface area contributed by atoms with E-state index in [1.807, 2.05) is 0 Å². The van der Waals surface area contributed by atoms with Crippen molar-refractivity contribution in [3.63, 3.8) is 0 Å². The molecule has 0 aliphatic heterocycles. The smallest absolute Gasteiger partial charge is 0.224 e. The number of hydrogen-bond acceptors (Lipinski definition) is 2. The molecule has 2 rings (SSSR count). The van der Waals surface area contributed by atoms with Crippen LogP contribution in [0.5, 0.6) is 0 Å². The molecule has 0 saturated heterocycles. The van der Waals surface area contributed by atoms with Crippen LogP contribution in [0.3, 0.4) is 0 Å². The Bertz CT molecular complexity index is 444. The SMILES string of the molecule is NCC(NC(=O)Cc1ccccc1F)C1CCCCC1. The van der Waals surface area contributed by atoms with Crippen molar-refractivity contribution in [2.45, 2.75) is 44.6 Å². The third-order valence-corrected chi connectivity index (χ3v) is 4.13. The third-order valence-electron chi connectivity index (χ3n) is 4.13. The maximum Gasteiger partial charge on any atom is 0.224 e. The number of benzene rings is 1. The highest BCUT2D eigenvalue weighted by atomic mass is 19.1. The predicted molar refractivity (Wildman–Crippen MR) is 77.7 cm³/mol. The van der Waals surface area contributed by atoms with E-state index in [1.165, 1.54) is 25.3 Å². The Morgan fingerprint density at radius 3 is 2.65 bits per heavy atom. The van der Waals surface area contributed by atoms with Gasteiger partial charge in [0.25, 0.3) is 0 Å². The molecule has 1 aromatic carbocycles. The molecule has 4 heteroatoms. The maximum absolute atomic E-state index is 13.5. The molecule has 1 aliphatic rings. The van der Waals surface area contributed by atoms with E-state index in [1.54, 1.807) is 18.2 Å². The summed E-state index contributed by atoms with van der Waals surface area (Å²) in [6.07, 6.45) is 6.03. The van der Waals surface area contributed by atoms with Crippen LogP contribution >= 0.6 is 0 Å². The molecule has 0 spiro atoms. The summed E-state index contributed by atoms with van der Waals surface area (Å²) >= 11 is 0. The number of carbonyl (C=O) groups is 1. The van der Waals surface area contributed by atoms with Gasteiger partial charge in [-0.25, -0.2) is 4.39 Å². The molecule has 0 bridgehead atoms. The quantitative estimate of drug-likeness (QED) is 0.869.